The van der Waals surface area contributed by atoms with Crippen molar-refractivity contribution in [2.24, 2.45) is 5.73 Å². The van der Waals surface area contributed by atoms with Crippen LogP contribution in [0.3, 0.4) is 0 Å². The van der Waals surface area contributed by atoms with Gasteiger partial charge in [0.05, 0.1) is 6.61 Å². The maximum atomic E-state index is 11.5. The molecule has 0 bridgehead atoms. The molecule has 0 aliphatic heterocycles. The predicted molar refractivity (Wildman–Crippen MR) is 60.1 cm³/mol. The van der Waals surface area contributed by atoms with Gasteiger partial charge in [0.2, 0.25) is 11.8 Å². The molecule has 0 heterocycles. The highest BCUT2D eigenvalue weighted by molar-refractivity contribution is 5.84. The zero-order valence-corrected chi connectivity index (χ0v) is 10.1. The molecule has 0 unspecified atom stereocenters. The molecule has 104 valence electrons. The summed E-state index contributed by atoms with van der Waals surface area (Å²) in [7, 11) is 0. The summed E-state index contributed by atoms with van der Waals surface area (Å²) in [6.07, 6.45) is -1.24. The van der Waals surface area contributed by atoms with E-state index in [4.69, 9.17) is 15.9 Å². The largest absolute Gasteiger partial charge is 0.461 e. The van der Waals surface area contributed by atoms with Crippen LogP contribution in [0.5, 0.6) is 0 Å². The number of hydrogen-bond acceptors (Lipinski definition) is 6. The molecule has 0 aromatic heterocycles. The number of aliphatic hydroxyl groups is 2. The van der Waals surface area contributed by atoms with Gasteiger partial charge in [-0.3, -0.25) is 9.59 Å². The lowest BCUT2D eigenvalue weighted by atomic mass is 10.1. The maximum Gasteiger partial charge on any atom is 0.328 e. The van der Waals surface area contributed by atoms with Crippen molar-refractivity contribution >= 4 is 17.8 Å². The first-order valence-corrected chi connectivity index (χ1v) is 5.37. The summed E-state index contributed by atoms with van der Waals surface area (Å²) in [5.74, 6) is -1.85. The second kappa shape index (κ2) is 8.43. The molecule has 0 fully saturated rings. The Hall–Kier alpha value is -1.67. The van der Waals surface area contributed by atoms with Gasteiger partial charge in [-0.15, -0.1) is 0 Å². The van der Waals surface area contributed by atoms with Gasteiger partial charge in [0, 0.05) is 13.3 Å². The van der Waals surface area contributed by atoms with Crippen molar-refractivity contribution in [1.29, 1.82) is 0 Å². The molecule has 0 saturated carbocycles. The summed E-state index contributed by atoms with van der Waals surface area (Å²) in [6, 6.07) is -0.999. The molecule has 0 aromatic rings. The van der Waals surface area contributed by atoms with Gasteiger partial charge in [-0.05, 0) is 6.42 Å². The lowest BCUT2D eigenvalue weighted by molar-refractivity contribution is -0.151. The number of ether oxygens (including phenoxy) is 1. The third kappa shape index (κ3) is 7.58. The van der Waals surface area contributed by atoms with E-state index in [1.807, 2.05) is 0 Å². The highest BCUT2D eigenvalue weighted by Crippen LogP contribution is 2.01. The second-order valence-electron chi connectivity index (χ2n) is 3.72. The molecule has 0 rings (SSSR count). The number of amides is 2. The van der Waals surface area contributed by atoms with Gasteiger partial charge in [-0.25, -0.2) is 4.79 Å². The topological polar surface area (TPSA) is 139 Å². The fraction of sp³-hybridized carbons (Fsp3) is 0.700. The van der Waals surface area contributed by atoms with Gasteiger partial charge in [-0.1, -0.05) is 0 Å². The van der Waals surface area contributed by atoms with Crippen LogP contribution >= 0.6 is 0 Å². The molecule has 0 saturated heterocycles. The van der Waals surface area contributed by atoms with Gasteiger partial charge in [-0.2, -0.15) is 0 Å². The Labute approximate surface area is 104 Å². The number of rotatable bonds is 8. The van der Waals surface area contributed by atoms with Crippen molar-refractivity contribution in [3.8, 4) is 0 Å². The number of nitrogens with two attached hydrogens (primary N) is 1. The first-order chi connectivity index (χ1) is 8.36. The third-order valence-electron chi connectivity index (χ3n) is 1.97. The first kappa shape index (κ1) is 16.3. The Morgan fingerprint density at radius 2 is 2.00 bits per heavy atom. The number of nitrogens with one attached hydrogen (secondary N) is 1. The number of primary amides is 1. The van der Waals surface area contributed by atoms with Crippen LogP contribution in [-0.4, -0.2) is 53.4 Å². The lowest BCUT2D eigenvalue weighted by Crippen LogP contribution is -2.42. The lowest BCUT2D eigenvalue weighted by Gasteiger charge is -2.17. The van der Waals surface area contributed by atoms with Crippen LogP contribution in [0.25, 0.3) is 0 Å². The van der Waals surface area contributed by atoms with Crippen molar-refractivity contribution < 1.29 is 29.3 Å². The summed E-state index contributed by atoms with van der Waals surface area (Å²) >= 11 is 0. The number of esters is 1. The van der Waals surface area contributed by atoms with E-state index >= 15 is 0 Å². The fourth-order valence-electron chi connectivity index (χ4n) is 1.11. The summed E-state index contributed by atoms with van der Waals surface area (Å²) in [5, 5.41) is 19.8. The quantitative estimate of drug-likeness (QED) is 0.361. The van der Waals surface area contributed by atoms with Crippen molar-refractivity contribution in [2.45, 2.75) is 31.9 Å². The zero-order valence-electron chi connectivity index (χ0n) is 10.1. The fourth-order valence-corrected chi connectivity index (χ4v) is 1.11. The van der Waals surface area contributed by atoms with E-state index in [0.717, 1.165) is 0 Å². The van der Waals surface area contributed by atoms with E-state index in [9.17, 15) is 14.4 Å². The van der Waals surface area contributed by atoms with Crippen LogP contribution in [-0.2, 0) is 19.1 Å². The van der Waals surface area contributed by atoms with E-state index < -0.39 is 36.5 Å². The van der Waals surface area contributed by atoms with E-state index in [0.29, 0.717) is 0 Å². The molecule has 2 atom stereocenters. The van der Waals surface area contributed by atoms with E-state index in [-0.39, 0.29) is 19.4 Å². The van der Waals surface area contributed by atoms with Crippen LogP contribution < -0.4 is 11.1 Å². The molecular formula is C10H18N2O6. The Bertz CT molecular complexity index is 307. The van der Waals surface area contributed by atoms with E-state index in [1.165, 1.54) is 6.92 Å². The smallest absolute Gasteiger partial charge is 0.328 e. The highest BCUT2D eigenvalue weighted by atomic mass is 16.5. The standard InChI is InChI=1S/C10H18N2O6/c1-6(14)12-8(2-3-9(11)16)10(17)18-5-7(15)4-13/h7-8,13,15H,2-5H2,1H3,(H2,11,16)(H,12,14)/t7-,8+/m1/s1. The van der Waals surface area contributed by atoms with Gasteiger partial charge in [0.15, 0.2) is 0 Å². The highest BCUT2D eigenvalue weighted by Gasteiger charge is 2.22. The van der Waals surface area contributed by atoms with Crippen molar-refractivity contribution in [3.05, 3.63) is 0 Å². The van der Waals surface area contributed by atoms with Gasteiger partial charge >= 0.3 is 5.97 Å². The SMILES string of the molecule is CC(=O)N[C@@H](CCC(N)=O)C(=O)OC[C@H](O)CO. The van der Waals surface area contributed by atoms with Crippen LogP contribution in [0.2, 0.25) is 0 Å². The van der Waals surface area contributed by atoms with Crippen LogP contribution in [0.15, 0.2) is 0 Å². The molecule has 5 N–H and O–H groups in total. The molecule has 0 spiro atoms. The Morgan fingerprint density at radius 1 is 1.39 bits per heavy atom. The molecule has 0 aliphatic rings. The van der Waals surface area contributed by atoms with Crippen LogP contribution in [0.1, 0.15) is 19.8 Å². The molecule has 2 amide bonds. The van der Waals surface area contributed by atoms with Crippen molar-refractivity contribution in [2.75, 3.05) is 13.2 Å². The maximum absolute atomic E-state index is 11.5. The normalized spacial score (nSPS) is 13.5. The minimum absolute atomic E-state index is 0.0168. The summed E-state index contributed by atoms with van der Waals surface area (Å²) < 4.78 is 4.67. The summed E-state index contributed by atoms with van der Waals surface area (Å²) in [4.78, 5) is 33.0. The molecule has 0 aromatic carbocycles. The first-order valence-electron chi connectivity index (χ1n) is 5.37. The number of carbonyl (C=O) groups is 3. The second-order valence-corrected chi connectivity index (χ2v) is 3.72. The van der Waals surface area contributed by atoms with Crippen molar-refractivity contribution in [1.82, 2.24) is 5.32 Å². The molecular weight excluding hydrogens is 244 g/mol. The van der Waals surface area contributed by atoms with Gasteiger partial charge in [0.1, 0.15) is 18.8 Å². The molecule has 0 aliphatic carbocycles. The van der Waals surface area contributed by atoms with E-state index in [1.54, 1.807) is 0 Å². The minimum atomic E-state index is -1.18. The Kier molecular flexibility index (Phi) is 7.64. The van der Waals surface area contributed by atoms with E-state index in [2.05, 4.69) is 10.1 Å². The number of hydrogen-bond donors (Lipinski definition) is 4. The predicted octanol–water partition coefficient (Wildman–Crippen LogP) is -2.35. The van der Waals surface area contributed by atoms with Crippen LogP contribution in [0.4, 0.5) is 0 Å². The summed E-state index contributed by atoms with van der Waals surface area (Å²) in [6.45, 7) is 0.286. The summed E-state index contributed by atoms with van der Waals surface area (Å²) in [5.41, 5.74) is 4.94. The molecule has 8 heteroatoms. The molecule has 8 nitrogen and oxygen atoms in total. The Balaban J connectivity index is 4.30. The minimum Gasteiger partial charge on any atom is -0.461 e. The Morgan fingerprint density at radius 3 is 2.44 bits per heavy atom. The zero-order chi connectivity index (χ0) is 14.1. The number of aliphatic hydroxyl groups excluding tert-OH is 2. The average molecular weight is 262 g/mol. The van der Waals surface area contributed by atoms with Crippen LogP contribution in [0, 0.1) is 0 Å². The van der Waals surface area contributed by atoms with Gasteiger partial charge in [0.25, 0.3) is 0 Å². The van der Waals surface area contributed by atoms with Gasteiger partial charge < -0.3 is 26.0 Å². The van der Waals surface area contributed by atoms with Crippen molar-refractivity contribution in [3.63, 3.8) is 0 Å². The molecule has 0 radical (unpaired) electrons. The average Bonchev–Trinajstić information content (AvgIpc) is 2.30. The molecule has 18 heavy (non-hydrogen) atoms. The number of carbonyl (C=O) groups excluding carboxylic acids is 3. The monoisotopic (exact) mass is 262 g/mol. The third-order valence-corrected chi connectivity index (χ3v) is 1.97.